The topological polar surface area (TPSA) is 69.6 Å². The third-order valence-electron chi connectivity index (χ3n) is 3.41. The van der Waals surface area contributed by atoms with Crippen LogP contribution in [0.3, 0.4) is 0 Å². The van der Waals surface area contributed by atoms with E-state index in [-0.39, 0.29) is 12.6 Å². The van der Waals surface area contributed by atoms with E-state index in [4.69, 9.17) is 5.11 Å². The largest absolute Gasteiger partial charge is 0.478 e. The SMILES string of the molecule is CC1CCCC(N(C)C(=O)NC/C=C/C(=O)O)C1. The van der Waals surface area contributed by atoms with E-state index in [1.807, 2.05) is 0 Å². The zero-order valence-corrected chi connectivity index (χ0v) is 11.1. The van der Waals surface area contributed by atoms with E-state index in [1.165, 1.54) is 18.9 Å². The Morgan fingerprint density at radius 3 is 2.78 bits per heavy atom. The number of nitrogens with zero attached hydrogens (tertiary/aromatic N) is 1. The number of carboxylic acid groups (broad SMARTS) is 1. The lowest BCUT2D eigenvalue weighted by Gasteiger charge is -2.34. The molecule has 0 aromatic carbocycles. The molecule has 1 saturated carbocycles. The molecule has 0 spiro atoms. The van der Waals surface area contributed by atoms with Gasteiger partial charge in [-0.1, -0.05) is 25.8 Å². The van der Waals surface area contributed by atoms with Gasteiger partial charge in [0.25, 0.3) is 0 Å². The first-order chi connectivity index (χ1) is 8.50. The van der Waals surface area contributed by atoms with Gasteiger partial charge in [-0.15, -0.1) is 0 Å². The Bertz CT molecular complexity index is 328. The summed E-state index contributed by atoms with van der Waals surface area (Å²) in [6.45, 7) is 2.46. The second-order valence-corrected chi connectivity index (χ2v) is 4.96. The van der Waals surface area contributed by atoms with Gasteiger partial charge in [0, 0.05) is 25.7 Å². The summed E-state index contributed by atoms with van der Waals surface area (Å²) in [5.74, 6) is -0.329. The molecule has 0 bridgehead atoms. The molecule has 0 radical (unpaired) electrons. The molecule has 5 heteroatoms. The van der Waals surface area contributed by atoms with Crippen LogP contribution < -0.4 is 5.32 Å². The number of hydrogen-bond acceptors (Lipinski definition) is 2. The smallest absolute Gasteiger partial charge is 0.328 e. The predicted molar refractivity (Wildman–Crippen MR) is 69.4 cm³/mol. The molecule has 1 aliphatic carbocycles. The Hall–Kier alpha value is -1.52. The third kappa shape index (κ3) is 4.77. The van der Waals surface area contributed by atoms with Crippen molar-refractivity contribution in [2.45, 2.75) is 38.6 Å². The van der Waals surface area contributed by atoms with Gasteiger partial charge >= 0.3 is 12.0 Å². The van der Waals surface area contributed by atoms with Gasteiger partial charge in [0.15, 0.2) is 0 Å². The zero-order chi connectivity index (χ0) is 13.5. The van der Waals surface area contributed by atoms with Crippen LogP contribution in [-0.2, 0) is 4.79 Å². The summed E-state index contributed by atoms with van der Waals surface area (Å²) in [4.78, 5) is 23.8. The third-order valence-corrected chi connectivity index (χ3v) is 3.41. The number of carboxylic acids is 1. The van der Waals surface area contributed by atoms with Crippen molar-refractivity contribution in [2.24, 2.45) is 5.92 Å². The number of carbonyl (C=O) groups excluding carboxylic acids is 1. The predicted octanol–water partition coefficient (Wildman–Crippen LogP) is 1.85. The van der Waals surface area contributed by atoms with Crippen molar-refractivity contribution in [3.8, 4) is 0 Å². The second-order valence-electron chi connectivity index (χ2n) is 4.96. The van der Waals surface area contributed by atoms with Crippen LogP contribution in [0.25, 0.3) is 0 Å². The molecule has 0 aromatic rings. The summed E-state index contributed by atoms with van der Waals surface area (Å²) in [5.41, 5.74) is 0. The number of amides is 2. The Morgan fingerprint density at radius 2 is 2.17 bits per heavy atom. The van der Waals surface area contributed by atoms with Crippen LogP contribution in [0.4, 0.5) is 4.79 Å². The monoisotopic (exact) mass is 254 g/mol. The van der Waals surface area contributed by atoms with Crippen LogP contribution >= 0.6 is 0 Å². The van der Waals surface area contributed by atoms with Crippen molar-refractivity contribution < 1.29 is 14.7 Å². The molecule has 2 amide bonds. The van der Waals surface area contributed by atoms with E-state index >= 15 is 0 Å². The second kappa shape index (κ2) is 7.03. The van der Waals surface area contributed by atoms with Gasteiger partial charge < -0.3 is 15.3 Å². The van der Waals surface area contributed by atoms with Crippen LogP contribution in [-0.4, -0.2) is 41.6 Å². The lowest BCUT2D eigenvalue weighted by atomic mass is 9.86. The number of carbonyl (C=O) groups is 2. The van der Waals surface area contributed by atoms with Gasteiger partial charge in [-0.05, 0) is 18.8 Å². The minimum absolute atomic E-state index is 0.135. The Balaban J connectivity index is 2.34. The van der Waals surface area contributed by atoms with Crippen molar-refractivity contribution in [1.82, 2.24) is 10.2 Å². The molecule has 1 fully saturated rings. The van der Waals surface area contributed by atoms with Crippen LogP contribution in [0.2, 0.25) is 0 Å². The Morgan fingerprint density at radius 1 is 1.44 bits per heavy atom. The highest BCUT2D eigenvalue weighted by Crippen LogP contribution is 2.26. The first kappa shape index (κ1) is 14.5. The molecular formula is C13H22N2O3. The van der Waals surface area contributed by atoms with Gasteiger partial charge in [-0.3, -0.25) is 0 Å². The number of urea groups is 1. The molecule has 2 unspecified atom stereocenters. The molecular weight excluding hydrogens is 232 g/mol. The van der Waals surface area contributed by atoms with Gasteiger partial charge in [0.1, 0.15) is 0 Å². The van der Waals surface area contributed by atoms with Gasteiger partial charge in [-0.25, -0.2) is 9.59 Å². The number of hydrogen-bond donors (Lipinski definition) is 2. The number of aliphatic carboxylic acids is 1. The Kier molecular flexibility index (Phi) is 5.68. The van der Waals surface area contributed by atoms with Crippen molar-refractivity contribution in [1.29, 1.82) is 0 Å². The minimum atomic E-state index is -1.00. The highest BCUT2D eigenvalue weighted by Gasteiger charge is 2.24. The fourth-order valence-electron chi connectivity index (χ4n) is 2.35. The van der Waals surface area contributed by atoms with Crippen LogP contribution in [0.5, 0.6) is 0 Å². The summed E-state index contributed by atoms with van der Waals surface area (Å²) in [5, 5.41) is 11.1. The molecule has 1 aliphatic rings. The zero-order valence-electron chi connectivity index (χ0n) is 11.1. The first-order valence-electron chi connectivity index (χ1n) is 6.41. The summed E-state index contributed by atoms with van der Waals surface area (Å²) in [6, 6.07) is 0.168. The van der Waals surface area contributed by atoms with Crippen LogP contribution in [0.1, 0.15) is 32.6 Å². The standard InChI is InChI=1S/C13H22N2O3/c1-10-5-3-6-11(9-10)15(2)13(18)14-8-4-7-12(16)17/h4,7,10-11H,3,5-6,8-9H2,1-2H3,(H,14,18)(H,16,17)/b7-4+. The molecule has 0 heterocycles. The summed E-state index contributed by atoms with van der Waals surface area (Å²) < 4.78 is 0. The molecule has 1 rings (SSSR count). The van der Waals surface area contributed by atoms with E-state index in [1.54, 1.807) is 11.9 Å². The first-order valence-corrected chi connectivity index (χ1v) is 6.41. The quantitative estimate of drug-likeness (QED) is 0.752. The number of rotatable bonds is 4. The maximum Gasteiger partial charge on any atom is 0.328 e. The fourth-order valence-corrected chi connectivity index (χ4v) is 2.35. The molecule has 18 heavy (non-hydrogen) atoms. The van der Waals surface area contributed by atoms with Crippen LogP contribution in [0.15, 0.2) is 12.2 Å². The van der Waals surface area contributed by atoms with Gasteiger partial charge in [0.2, 0.25) is 0 Å². The molecule has 102 valence electrons. The van der Waals surface area contributed by atoms with Gasteiger partial charge in [-0.2, -0.15) is 0 Å². The summed E-state index contributed by atoms with van der Waals surface area (Å²) in [6.07, 6.45) is 6.98. The molecule has 0 aliphatic heterocycles. The molecule has 0 aromatic heterocycles. The molecule has 5 nitrogen and oxygen atoms in total. The van der Waals surface area contributed by atoms with Crippen molar-refractivity contribution in [3.63, 3.8) is 0 Å². The normalized spacial score (nSPS) is 23.9. The van der Waals surface area contributed by atoms with E-state index < -0.39 is 5.97 Å². The average molecular weight is 254 g/mol. The lowest BCUT2D eigenvalue weighted by molar-refractivity contribution is -0.131. The van der Waals surface area contributed by atoms with Crippen LogP contribution in [0, 0.1) is 5.92 Å². The van der Waals surface area contributed by atoms with E-state index in [0.29, 0.717) is 12.0 Å². The summed E-state index contributed by atoms with van der Waals surface area (Å²) in [7, 11) is 1.80. The van der Waals surface area contributed by atoms with Crippen molar-refractivity contribution in [3.05, 3.63) is 12.2 Å². The summed E-state index contributed by atoms with van der Waals surface area (Å²) >= 11 is 0. The average Bonchev–Trinajstić information content (AvgIpc) is 2.33. The Labute approximate surface area is 108 Å². The molecule has 2 N–H and O–H groups in total. The minimum Gasteiger partial charge on any atom is -0.478 e. The highest BCUT2D eigenvalue weighted by atomic mass is 16.4. The lowest BCUT2D eigenvalue weighted by Crippen LogP contribution is -2.45. The maximum atomic E-state index is 11.8. The van der Waals surface area contributed by atoms with Crippen molar-refractivity contribution >= 4 is 12.0 Å². The van der Waals surface area contributed by atoms with E-state index in [0.717, 1.165) is 18.9 Å². The number of nitrogens with one attached hydrogen (secondary N) is 1. The van der Waals surface area contributed by atoms with E-state index in [9.17, 15) is 9.59 Å². The molecule has 0 saturated heterocycles. The molecule has 2 atom stereocenters. The fraction of sp³-hybridized carbons (Fsp3) is 0.692. The maximum absolute atomic E-state index is 11.8. The highest BCUT2D eigenvalue weighted by molar-refractivity contribution is 5.80. The van der Waals surface area contributed by atoms with E-state index in [2.05, 4.69) is 12.2 Å². The van der Waals surface area contributed by atoms with Gasteiger partial charge in [0.05, 0.1) is 0 Å². The van der Waals surface area contributed by atoms with Crippen molar-refractivity contribution in [2.75, 3.05) is 13.6 Å².